The van der Waals surface area contributed by atoms with Gasteiger partial charge in [0.25, 0.3) is 5.91 Å². The van der Waals surface area contributed by atoms with Gasteiger partial charge in [-0.3, -0.25) is 4.79 Å². The number of amides is 1. The van der Waals surface area contributed by atoms with E-state index >= 15 is 0 Å². The van der Waals surface area contributed by atoms with Crippen LogP contribution in [0, 0.1) is 12.8 Å². The molecule has 3 heteroatoms. The van der Waals surface area contributed by atoms with E-state index in [2.05, 4.69) is 32.2 Å². The zero-order chi connectivity index (χ0) is 15.8. The molecule has 0 aliphatic carbocycles. The van der Waals surface area contributed by atoms with Gasteiger partial charge >= 0.3 is 0 Å². The van der Waals surface area contributed by atoms with Crippen molar-refractivity contribution in [2.45, 2.75) is 47.5 Å². The lowest BCUT2D eigenvalue weighted by Gasteiger charge is -2.25. The van der Waals surface area contributed by atoms with Crippen LogP contribution in [0.1, 0.15) is 56.5 Å². The number of carbonyl (C=O) groups excluding carboxylic acids is 1. The van der Waals surface area contributed by atoms with Crippen LogP contribution < -0.4 is 5.32 Å². The van der Waals surface area contributed by atoms with Crippen molar-refractivity contribution in [2.24, 2.45) is 5.92 Å². The summed E-state index contributed by atoms with van der Waals surface area (Å²) in [6.07, 6.45) is 2.20. The molecule has 1 atom stereocenters. The maximum atomic E-state index is 12.7. The van der Waals surface area contributed by atoms with E-state index in [1.807, 2.05) is 30.9 Å². The van der Waals surface area contributed by atoms with Crippen LogP contribution >= 0.6 is 0 Å². The quantitative estimate of drug-likeness (QED) is 0.773. The topological polar surface area (TPSA) is 32.3 Å². The molecule has 0 saturated heterocycles. The number of anilines is 1. The Balaban J connectivity index is 2.85. The minimum atomic E-state index is 0.150. The highest BCUT2D eigenvalue weighted by molar-refractivity contribution is 5.96. The summed E-state index contributed by atoms with van der Waals surface area (Å²) >= 11 is 0. The van der Waals surface area contributed by atoms with E-state index in [-0.39, 0.29) is 5.91 Å². The summed E-state index contributed by atoms with van der Waals surface area (Å²) in [6, 6.07) is 6.03. The molecule has 0 saturated carbocycles. The third-order valence-corrected chi connectivity index (χ3v) is 3.93. The first-order chi connectivity index (χ1) is 10.0. The second-order valence-corrected chi connectivity index (χ2v) is 5.81. The largest absolute Gasteiger partial charge is 0.385 e. The maximum Gasteiger partial charge on any atom is 0.254 e. The Morgan fingerprint density at radius 3 is 2.52 bits per heavy atom. The van der Waals surface area contributed by atoms with Crippen molar-refractivity contribution < 1.29 is 4.79 Å². The zero-order valence-corrected chi connectivity index (χ0v) is 14.2. The van der Waals surface area contributed by atoms with Crippen LogP contribution in [0.15, 0.2) is 18.2 Å². The fourth-order valence-corrected chi connectivity index (χ4v) is 2.31. The number of hydrogen-bond acceptors (Lipinski definition) is 2. The lowest BCUT2D eigenvalue weighted by atomic mass is 10.0. The van der Waals surface area contributed by atoms with Gasteiger partial charge in [-0.15, -0.1) is 0 Å². The maximum absolute atomic E-state index is 12.7. The van der Waals surface area contributed by atoms with Crippen LogP contribution in [0.5, 0.6) is 0 Å². The van der Waals surface area contributed by atoms with E-state index in [1.165, 1.54) is 0 Å². The number of nitrogens with one attached hydrogen (secondary N) is 1. The average molecular weight is 290 g/mol. The van der Waals surface area contributed by atoms with Crippen molar-refractivity contribution in [1.29, 1.82) is 0 Å². The van der Waals surface area contributed by atoms with Crippen LogP contribution in [-0.4, -0.2) is 30.4 Å². The highest BCUT2D eigenvalue weighted by atomic mass is 16.2. The van der Waals surface area contributed by atoms with Gasteiger partial charge in [0.05, 0.1) is 0 Å². The molecule has 0 aliphatic heterocycles. The van der Waals surface area contributed by atoms with Gasteiger partial charge < -0.3 is 10.2 Å². The lowest BCUT2D eigenvalue weighted by Crippen LogP contribution is -2.34. The molecule has 3 nitrogen and oxygen atoms in total. The minimum absolute atomic E-state index is 0.150. The summed E-state index contributed by atoms with van der Waals surface area (Å²) in [7, 11) is 0. The van der Waals surface area contributed by atoms with Gasteiger partial charge in [0.2, 0.25) is 0 Å². The van der Waals surface area contributed by atoms with Crippen molar-refractivity contribution in [1.82, 2.24) is 4.90 Å². The SMILES string of the molecule is CCCNc1ccc(C(=O)N(CC)CC(C)CC)c(C)c1. The van der Waals surface area contributed by atoms with Crippen molar-refractivity contribution in [3.05, 3.63) is 29.3 Å². The van der Waals surface area contributed by atoms with Crippen LogP contribution in [0.25, 0.3) is 0 Å². The molecule has 0 bridgehead atoms. The molecule has 0 spiro atoms. The molecule has 0 aliphatic rings. The van der Waals surface area contributed by atoms with E-state index in [4.69, 9.17) is 0 Å². The minimum Gasteiger partial charge on any atom is -0.385 e. The molecule has 0 aromatic heterocycles. The van der Waals surface area contributed by atoms with Gasteiger partial charge in [-0.1, -0.05) is 27.2 Å². The zero-order valence-electron chi connectivity index (χ0n) is 14.2. The highest BCUT2D eigenvalue weighted by Crippen LogP contribution is 2.18. The Morgan fingerprint density at radius 2 is 2.00 bits per heavy atom. The second-order valence-electron chi connectivity index (χ2n) is 5.81. The predicted octanol–water partition coefficient (Wildman–Crippen LogP) is 4.33. The van der Waals surface area contributed by atoms with E-state index in [0.29, 0.717) is 5.92 Å². The first-order valence-electron chi connectivity index (χ1n) is 8.17. The number of nitrogens with zero attached hydrogens (tertiary/aromatic N) is 1. The third kappa shape index (κ3) is 5.07. The van der Waals surface area contributed by atoms with E-state index in [9.17, 15) is 4.79 Å². The summed E-state index contributed by atoms with van der Waals surface area (Å²) < 4.78 is 0. The van der Waals surface area contributed by atoms with Gasteiger partial charge in [-0.25, -0.2) is 0 Å². The first kappa shape index (κ1) is 17.5. The number of benzene rings is 1. The Labute approximate surface area is 129 Å². The molecule has 1 unspecified atom stereocenters. The summed E-state index contributed by atoms with van der Waals surface area (Å²) in [5, 5.41) is 3.36. The first-order valence-corrected chi connectivity index (χ1v) is 8.17. The molecule has 1 aromatic carbocycles. The third-order valence-electron chi connectivity index (χ3n) is 3.93. The molecule has 118 valence electrons. The molecule has 1 rings (SSSR count). The number of aryl methyl sites for hydroxylation is 1. The molecule has 0 radical (unpaired) electrons. The van der Waals surface area contributed by atoms with Crippen molar-refractivity contribution in [3.63, 3.8) is 0 Å². The molecule has 21 heavy (non-hydrogen) atoms. The number of rotatable bonds is 8. The molecule has 0 heterocycles. The van der Waals surface area contributed by atoms with Gasteiger partial charge in [0.1, 0.15) is 0 Å². The monoisotopic (exact) mass is 290 g/mol. The van der Waals surface area contributed by atoms with Crippen LogP contribution in [-0.2, 0) is 0 Å². The van der Waals surface area contributed by atoms with Crippen molar-refractivity contribution in [2.75, 3.05) is 25.0 Å². The molecular weight excluding hydrogens is 260 g/mol. The molecule has 1 aromatic rings. The number of carbonyl (C=O) groups is 1. The Kier molecular flexibility index (Phi) is 7.27. The fraction of sp³-hybridized carbons (Fsp3) is 0.611. The highest BCUT2D eigenvalue weighted by Gasteiger charge is 2.18. The fourth-order valence-electron chi connectivity index (χ4n) is 2.31. The van der Waals surface area contributed by atoms with Crippen LogP contribution in [0.3, 0.4) is 0 Å². The normalized spacial score (nSPS) is 12.0. The predicted molar refractivity (Wildman–Crippen MR) is 91.0 cm³/mol. The molecule has 0 fully saturated rings. The van der Waals surface area contributed by atoms with E-state index < -0.39 is 0 Å². The lowest BCUT2D eigenvalue weighted by molar-refractivity contribution is 0.0740. The smallest absolute Gasteiger partial charge is 0.254 e. The van der Waals surface area contributed by atoms with Crippen molar-refractivity contribution >= 4 is 11.6 Å². The summed E-state index contributed by atoms with van der Waals surface area (Å²) in [6.45, 7) is 13.1. The van der Waals surface area contributed by atoms with Gasteiger partial charge in [-0.2, -0.15) is 0 Å². The van der Waals surface area contributed by atoms with Gasteiger partial charge in [-0.05, 0) is 49.9 Å². The van der Waals surface area contributed by atoms with E-state index in [0.717, 1.165) is 49.3 Å². The van der Waals surface area contributed by atoms with Gasteiger partial charge in [0, 0.05) is 30.9 Å². The standard InChI is InChI=1S/C18H30N2O/c1-6-11-19-16-9-10-17(15(5)12-16)18(21)20(8-3)13-14(4)7-2/h9-10,12,14,19H,6-8,11,13H2,1-5H3. The summed E-state index contributed by atoms with van der Waals surface area (Å²) in [5.41, 5.74) is 2.96. The summed E-state index contributed by atoms with van der Waals surface area (Å²) in [5.74, 6) is 0.692. The second kappa shape index (κ2) is 8.71. The Bertz CT molecular complexity index is 457. The summed E-state index contributed by atoms with van der Waals surface area (Å²) in [4.78, 5) is 14.6. The molecular formula is C18H30N2O. The van der Waals surface area contributed by atoms with Crippen molar-refractivity contribution in [3.8, 4) is 0 Å². The van der Waals surface area contributed by atoms with Gasteiger partial charge in [0.15, 0.2) is 0 Å². The molecule has 1 amide bonds. The number of hydrogen-bond donors (Lipinski definition) is 1. The Hall–Kier alpha value is -1.51. The average Bonchev–Trinajstić information content (AvgIpc) is 2.49. The van der Waals surface area contributed by atoms with Crippen LogP contribution in [0.4, 0.5) is 5.69 Å². The van der Waals surface area contributed by atoms with E-state index in [1.54, 1.807) is 0 Å². The Morgan fingerprint density at radius 1 is 1.29 bits per heavy atom. The van der Waals surface area contributed by atoms with Crippen LogP contribution in [0.2, 0.25) is 0 Å². The molecule has 1 N–H and O–H groups in total.